The van der Waals surface area contributed by atoms with E-state index in [4.69, 9.17) is 0 Å². The van der Waals surface area contributed by atoms with Crippen molar-refractivity contribution in [3.63, 3.8) is 0 Å². The van der Waals surface area contributed by atoms with Gasteiger partial charge < -0.3 is 15.1 Å². The summed E-state index contributed by atoms with van der Waals surface area (Å²) >= 11 is 1.82. The quantitative estimate of drug-likeness (QED) is 0.798. The lowest BCUT2D eigenvalue weighted by Crippen LogP contribution is -2.26. The van der Waals surface area contributed by atoms with Crippen molar-refractivity contribution in [2.75, 3.05) is 44.2 Å². The van der Waals surface area contributed by atoms with Gasteiger partial charge in [-0.2, -0.15) is 0 Å². The lowest BCUT2D eigenvalue weighted by Gasteiger charge is -2.16. The van der Waals surface area contributed by atoms with Crippen LogP contribution in [0.5, 0.6) is 0 Å². The molecule has 20 heavy (non-hydrogen) atoms. The highest BCUT2D eigenvalue weighted by molar-refractivity contribution is 7.15. The van der Waals surface area contributed by atoms with Gasteiger partial charge in [-0.25, -0.2) is 4.98 Å². The van der Waals surface area contributed by atoms with Crippen LogP contribution in [0, 0.1) is 5.92 Å². The van der Waals surface area contributed by atoms with Crippen molar-refractivity contribution in [2.45, 2.75) is 33.7 Å². The van der Waals surface area contributed by atoms with E-state index in [1.807, 2.05) is 17.5 Å². The van der Waals surface area contributed by atoms with Crippen molar-refractivity contribution in [1.82, 2.24) is 15.2 Å². The highest BCUT2D eigenvalue weighted by Gasteiger charge is 2.20. The summed E-state index contributed by atoms with van der Waals surface area (Å²) in [5.41, 5.74) is 0. The number of aromatic nitrogens is 1. The average Bonchev–Trinajstić information content (AvgIpc) is 3.10. The number of hydrogen-bond donors (Lipinski definition) is 1. The minimum Gasteiger partial charge on any atom is -0.349 e. The van der Waals surface area contributed by atoms with E-state index in [-0.39, 0.29) is 0 Å². The molecule has 0 spiro atoms. The molecule has 0 amide bonds. The van der Waals surface area contributed by atoms with Gasteiger partial charge in [0.2, 0.25) is 0 Å². The summed E-state index contributed by atoms with van der Waals surface area (Å²) in [5.74, 6) is 0.824. The van der Waals surface area contributed by atoms with E-state index < -0.39 is 0 Å². The molecule has 1 aliphatic heterocycles. The fraction of sp³-hybridized carbons (Fsp3) is 0.800. The van der Waals surface area contributed by atoms with Gasteiger partial charge in [0.25, 0.3) is 0 Å². The first kappa shape index (κ1) is 15.7. The first-order valence-corrected chi connectivity index (χ1v) is 8.71. The smallest absolute Gasteiger partial charge is 0.185 e. The van der Waals surface area contributed by atoms with E-state index in [1.165, 1.54) is 30.9 Å². The van der Waals surface area contributed by atoms with Crippen LogP contribution in [0.15, 0.2) is 6.20 Å². The summed E-state index contributed by atoms with van der Waals surface area (Å²) in [6.45, 7) is 14.5. The summed E-state index contributed by atoms with van der Waals surface area (Å²) in [4.78, 5) is 10.7. The summed E-state index contributed by atoms with van der Waals surface area (Å²) in [5, 5.41) is 4.76. The van der Waals surface area contributed by atoms with E-state index in [9.17, 15) is 0 Å². The monoisotopic (exact) mass is 296 g/mol. The zero-order valence-electron chi connectivity index (χ0n) is 13.1. The minimum absolute atomic E-state index is 0.824. The van der Waals surface area contributed by atoms with Gasteiger partial charge in [-0.3, -0.25) is 0 Å². The molecule has 1 unspecified atom stereocenters. The Hall–Kier alpha value is -0.650. The zero-order valence-corrected chi connectivity index (χ0v) is 13.9. The number of likely N-dealkylation sites (tertiary alicyclic amines) is 1. The van der Waals surface area contributed by atoms with Gasteiger partial charge in [0.05, 0.1) is 0 Å². The molecule has 1 saturated heterocycles. The summed E-state index contributed by atoms with van der Waals surface area (Å²) in [6.07, 6.45) is 3.37. The van der Waals surface area contributed by atoms with E-state index in [1.54, 1.807) is 0 Å². The van der Waals surface area contributed by atoms with Crippen LogP contribution in [0.3, 0.4) is 0 Å². The van der Waals surface area contributed by atoms with Crippen molar-refractivity contribution in [2.24, 2.45) is 5.92 Å². The van der Waals surface area contributed by atoms with Gasteiger partial charge in [0.15, 0.2) is 5.13 Å². The van der Waals surface area contributed by atoms with Gasteiger partial charge in [0, 0.05) is 37.3 Å². The normalized spacial score (nSPS) is 19.6. The number of rotatable bonds is 8. The molecule has 1 aromatic heterocycles. The fourth-order valence-electron chi connectivity index (χ4n) is 2.79. The first-order chi connectivity index (χ1) is 9.76. The standard InChI is InChI=1S/C15H28N4S/c1-4-18-8-7-13(12-18)9-16-10-14-11-17-15(20-14)19(5-2)6-3/h11,13,16H,4-10,12H2,1-3H3. The molecule has 1 fully saturated rings. The summed E-state index contributed by atoms with van der Waals surface area (Å²) in [7, 11) is 0. The van der Waals surface area contributed by atoms with E-state index in [0.29, 0.717) is 0 Å². The summed E-state index contributed by atoms with van der Waals surface area (Å²) in [6, 6.07) is 0. The van der Waals surface area contributed by atoms with E-state index in [0.717, 1.165) is 37.2 Å². The number of hydrogen-bond acceptors (Lipinski definition) is 5. The molecule has 1 aromatic rings. The van der Waals surface area contributed by atoms with Crippen LogP contribution in [-0.4, -0.2) is 49.2 Å². The Labute approximate surface area is 127 Å². The third-order valence-corrected chi connectivity index (χ3v) is 5.18. The Morgan fingerprint density at radius 3 is 2.85 bits per heavy atom. The average molecular weight is 296 g/mol. The zero-order chi connectivity index (χ0) is 14.4. The van der Waals surface area contributed by atoms with Crippen LogP contribution >= 0.6 is 11.3 Å². The van der Waals surface area contributed by atoms with Crippen molar-refractivity contribution >= 4 is 16.5 Å². The second-order valence-electron chi connectivity index (χ2n) is 5.46. The van der Waals surface area contributed by atoms with Crippen LogP contribution in [0.4, 0.5) is 5.13 Å². The Kier molecular flexibility index (Phi) is 6.26. The second-order valence-corrected chi connectivity index (χ2v) is 6.55. The Morgan fingerprint density at radius 1 is 1.40 bits per heavy atom. The van der Waals surface area contributed by atoms with E-state index >= 15 is 0 Å². The SMILES string of the molecule is CCN1CCC(CNCc2cnc(N(CC)CC)s2)C1. The van der Waals surface area contributed by atoms with Crippen LogP contribution in [0.2, 0.25) is 0 Å². The minimum atomic E-state index is 0.824. The van der Waals surface area contributed by atoms with Crippen LogP contribution in [0.25, 0.3) is 0 Å². The molecule has 114 valence electrons. The van der Waals surface area contributed by atoms with Crippen LogP contribution in [-0.2, 0) is 6.54 Å². The molecule has 0 bridgehead atoms. The van der Waals surface area contributed by atoms with Crippen molar-refractivity contribution < 1.29 is 0 Å². The molecule has 0 aromatic carbocycles. The number of anilines is 1. The second kappa shape index (κ2) is 7.96. The molecule has 5 heteroatoms. The third kappa shape index (κ3) is 4.17. The molecule has 1 N–H and O–H groups in total. The molecule has 0 aliphatic carbocycles. The predicted molar refractivity (Wildman–Crippen MR) is 87.6 cm³/mol. The lowest BCUT2D eigenvalue weighted by molar-refractivity contribution is 0.339. The van der Waals surface area contributed by atoms with Gasteiger partial charge in [-0.15, -0.1) is 11.3 Å². The molecule has 0 saturated carbocycles. The Bertz CT molecular complexity index is 389. The maximum absolute atomic E-state index is 4.53. The van der Waals surface area contributed by atoms with Gasteiger partial charge in [-0.05, 0) is 45.8 Å². The third-order valence-electron chi connectivity index (χ3n) is 4.12. The highest BCUT2D eigenvalue weighted by Crippen LogP contribution is 2.22. The predicted octanol–water partition coefficient (Wildman–Crippen LogP) is 2.42. The molecule has 1 atom stereocenters. The molecule has 0 radical (unpaired) electrons. The van der Waals surface area contributed by atoms with Gasteiger partial charge in [-0.1, -0.05) is 6.92 Å². The largest absolute Gasteiger partial charge is 0.349 e. The maximum atomic E-state index is 4.53. The van der Waals surface area contributed by atoms with Gasteiger partial charge >= 0.3 is 0 Å². The number of nitrogens with zero attached hydrogens (tertiary/aromatic N) is 3. The Balaban J connectivity index is 1.72. The lowest BCUT2D eigenvalue weighted by atomic mass is 10.1. The highest BCUT2D eigenvalue weighted by atomic mass is 32.1. The van der Waals surface area contributed by atoms with Crippen LogP contribution in [0.1, 0.15) is 32.1 Å². The van der Waals surface area contributed by atoms with Crippen molar-refractivity contribution in [1.29, 1.82) is 0 Å². The molecular weight excluding hydrogens is 268 g/mol. The van der Waals surface area contributed by atoms with Crippen molar-refractivity contribution in [3.8, 4) is 0 Å². The van der Waals surface area contributed by atoms with Crippen molar-refractivity contribution in [3.05, 3.63) is 11.1 Å². The molecule has 2 heterocycles. The molecular formula is C15H28N4S. The topological polar surface area (TPSA) is 31.4 Å². The van der Waals surface area contributed by atoms with E-state index in [2.05, 4.69) is 40.9 Å². The fourth-order valence-corrected chi connectivity index (χ4v) is 3.79. The number of nitrogens with one attached hydrogen (secondary N) is 1. The summed E-state index contributed by atoms with van der Waals surface area (Å²) < 4.78 is 0. The molecule has 2 rings (SSSR count). The molecule has 1 aliphatic rings. The first-order valence-electron chi connectivity index (χ1n) is 7.89. The molecule has 4 nitrogen and oxygen atoms in total. The van der Waals surface area contributed by atoms with Crippen LogP contribution < -0.4 is 10.2 Å². The maximum Gasteiger partial charge on any atom is 0.185 e. The number of thiazole rings is 1. The Morgan fingerprint density at radius 2 is 2.20 bits per heavy atom. The van der Waals surface area contributed by atoms with Gasteiger partial charge in [0.1, 0.15) is 0 Å².